The molecular formula is C14H20N2O3. The first-order valence-electron chi connectivity index (χ1n) is 6.67. The van der Waals surface area contributed by atoms with E-state index in [1.807, 2.05) is 13.0 Å². The predicted octanol–water partition coefficient (Wildman–Crippen LogP) is 0.873. The van der Waals surface area contributed by atoms with Crippen LogP contribution in [0.25, 0.3) is 0 Å². The van der Waals surface area contributed by atoms with Gasteiger partial charge in [-0.3, -0.25) is 9.59 Å². The summed E-state index contributed by atoms with van der Waals surface area (Å²) in [5, 5.41) is 8.76. The molecule has 5 heteroatoms. The number of likely N-dealkylation sites (N-methyl/N-ethyl adjacent to an activating group) is 1. The fourth-order valence-electron chi connectivity index (χ4n) is 2.68. The molecule has 0 aromatic carbocycles. The van der Waals surface area contributed by atoms with Crippen LogP contribution in [0.5, 0.6) is 0 Å². The van der Waals surface area contributed by atoms with Gasteiger partial charge in [-0.1, -0.05) is 0 Å². The Kier molecular flexibility index (Phi) is 4.04. The van der Waals surface area contributed by atoms with Gasteiger partial charge in [-0.15, -0.1) is 0 Å². The van der Waals surface area contributed by atoms with Gasteiger partial charge in [0.2, 0.25) is 0 Å². The van der Waals surface area contributed by atoms with E-state index in [-0.39, 0.29) is 12.0 Å². The molecule has 104 valence electrons. The van der Waals surface area contributed by atoms with Crippen LogP contribution < -0.4 is 5.56 Å². The highest BCUT2D eigenvalue weighted by atomic mass is 16.4. The first-order valence-corrected chi connectivity index (χ1v) is 6.67. The Morgan fingerprint density at radius 3 is 2.84 bits per heavy atom. The fraction of sp³-hybridized carbons (Fsp3) is 0.571. The topological polar surface area (TPSA) is 62.5 Å². The third-order valence-electron chi connectivity index (χ3n) is 3.66. The number of aromatic nitrogens is 1. The van der Waals surface area contributed by atoms with Gasteiger partial charge in [-0.2, -0.15) is 0 Å². The minimum Gasteiger partial charge on any atom is -0.481 e. The monoisotopic (exact) mass is 264 g/mol. The molecule has 1 aliphatic rings. The lowest BCUT2D eigenvalue weighted by Crippen LogP contribution is -2.35. The van der Waals surface area contributed by atoms with Crippen molar-refractivity contribution in [2.24, 2.45) is 0 Å². The van der Waals surface area contributed by atoms with Crippen LogP contribution in [-0.4, -0.2) is 34.1 Å². The molecule has 0 saturated carbocycles. The van der Waals surface area contributed by atoms with Gasteiger partial charge in [-0.05, 0) is 32.0 Å². The van der Waals surface area contributed by atoms with E-state index in [1.165, 1.54) is 0 Å². The van der Waals surface area contributed by atoms with Crippen molar-refractivity contribution in [1.82, 2.24) is 9.47 Å². The van der Waals surface area contributed by atoms with Crippen molar-refractivity contribution in [3.05, 3.63) is 33.2 Å². The van der Waals surface area contributed by atoms with Crippen LogP contribution in [0.2, 0.25) is 0 Å². The van der Waals surface area contributed by atoms with Gasteiger partial charge in [-0.25, -0.2) is 0 Å². The van der Waals surface area contributed by atoms with Gasteiger partial charge < -0.3 is 14.6 Å². The summed E-state index contributed by atoms with van der Waals surface area (Å²) in [7, 11) is 2.06. The van der Waals surface area contributed by atoms with Crippen LogP contribution in [0.3, 0.4) is 0 Å². The Morgan fingerprint density at radius 2 is 2.21 bits per heavy atom. The zero-order valence-corrected chi connectivity index (χ0v) is 11.5. The maximum Gasteiger partial charge on any atom is 0.303 e. The summed E-state index contributed by atoms with van der Waals surface area (Å²) in [4.78, 5) is 25.2. The molecule has 2 heterocycles. The number of rotatable bonds is 4. The van der Waals surface area contributed by atoms with Crippen molar-refractivity contribution in [1.29, 1.82) is 0 Å². The van der Waals surface area contributed by atoms with Crippen LogP contribution in [0.1, 0.15) is 30.2 Å². The molecule has 0 spiro atoms. The van der Waals surface area contributed by atoms with E-state index in [0.717, 1.165) is 30.8 Å². The maximum atomic E-state index is 12.3. The van der Waals surface area contributed by atoms with E-state index in [4.69, 9.17) is 5.11 Å². The number of aryl methyl sites for hydroxylation is 1. The van der Waals surface area contributed by atoms with Gasteiger partial charge >= 0.3 is 5.97 Å². The van der Waals surface area contributed by atoms with E-state index < -0.39 is 5.97 Å². The number of carboxylic acids is 1. The summed E-state index contributed by atoms with van der Waals surface area (Å²) in [5.74, 6) is -0.864. The summed E-state index contributed by atoms with van der Waals surface area (Å²) in [6, 6.07) is 1.91. The van der Waals surface area contributed by atoms with Gasteiger partial charge in [0.05, 0.1) is 0 Å². The summed E-state index contributed by atoms with van der Waals surface area (Å²) in [6.07, 6.45) is 1.20. The molecule has 0 radical (unpaired) electrons. The number of carbonyl (C=O) groups is 1. The molecule has 0 atom stereocenters. The number of fused-ring (bicyclic) bond motifs is 1. The van der Waals surface area contributed by atoms with Crippen molar-refractivity contribution in [2.75, 3.05) is 13.6 Å². The van der Waals surface area contributed by atoms with Gasteiger partial charge in [0.25, 0.3) is 5.56 Å². The Bertz CT molecular complexity index is 548. The third kappa shape index (κ3) is 2.87. The molecule has 1 aliphatic heterocycles. The molecule has 19 heavy (non-hydrogen) atoms. The fourth-order valence-corrected chi connectivity index (χ4v) is 2.68. The predicted molar refractivity (Wildman–Crippen MR) is 72.4 cm³/mol. The third-order valence-corrected chi connectivity index (χ3v) is 3.66. The number of nitrogens with zero attached hydrogens (tertiary/aromatic N) is 2. The van der Waals surface area contributed by atoms with Gasteiger partial charge in [0.1, 0.15) is 0 Å². The Hall–Kier alpha value is -1.62. The minimum atomic E-state index is -0.864. The molecule has 0 saturated heterocycles. The van der Waals surface area contributed by atoms with E-state index in [9.17, 15) is 9.59 Å². The SMILES string of the molecule is CCn1c2c(cc(CCC(=O)O)c1=O)CN(C)CC2. The van der Waals surface area contributed by atoms with Crippen molar-refractivity contribution in [2.45, 2.75) is 39.3 Å². The van der Waals surface area contributed by atoms with Crippen LogP contribution in [0, 0.1) is 0 Å². The lowest BCUT2D eigenvalue weighted by atomic mass is 10.0. The van der Waals surface area contributed by atoms with Crippen LogP contribution in [0.4, 0.5) is 0 Å². The Balaban J connectivity index is 2.43. The number of carboxylic acid groups (broad SMARTS) is 1. The second kappa shape index (κ2) is 5.57. The molecule has 1 N–H and O–H groups in total. The van der Waals surface area contributed by atoms with Gasteiger partial charge in [0, 0.05) is 43.7 Å². The largest absolute Gasteiger partial charge is 0.481 e. The molecule has 1 aromatic rings. The lowest BCUT2D eigenvalue weighted by molar-refractivity contribution is -0.136. The molecule has 0 amide bonds. The number of hydrogen-bond donors (Lipinski definition) is 1. The highest BCUT2D eigenvalue weighted by Crippen LogP contribution is 2.18. The van der Waals surface area contributed by atoms with Gasteiger partial charge in [0.15, 0.2) is 0 Å². The van der Waals surface area contributed by atoms with Crippen LogP contribution in [-0.2, 0) is 30.7 Å². The number of pyridine rings is 1. The zero-order valence-electron chi connectivity index (χ0n) is 11.5. The first kappa shape index (κ1) is 13.8. The van der Waals surface area contributed by atoms with Crippen molar-refractivity contribution < 1.29 is 9.90 Å². The second-order valence-corrected chi connectivity index (χ2v) is 5.07. The second-order valence-electron chi connectivity index (χ2n) is 5.07. The maximum absolute atomic E-state index is 12.3. The van der Waals surface area contributed by atoms with Crippen molar-refractivity contribution >= 4 is 5.97 Å². The molecular weight excluding hydrogens is 244 g/mol. The normalized spacial score (nSPS) is 15.3. The highest BCUT2D eigenvalue weighted by Gasteiger charge is 2.19. The first-order chi connectivity index (χ1) is 9.02. The Labute approximate surface area is 112 Å². The minimum absolute atomic E-state index is 0.00752. The quantitative estimate of drug-likeness (QED) is 0.876. The number of aliphatic carboxylic acids is 1. The van der Waals surface area contributed by atoms with Crippen molar-refractivity contribution in [3.8, 4) is 0 Å². The van der Waals surface area contributed by atoms with E-state index >= 15 is 0 Å². The molecule has 0 unspecified atom stereocenters. The molecule has 1 aromatic heterocycles. The van der Waals surface area contributed by atoms with Crippen molar-refractivity contribution in [3.63, 3.8) is 0 Å². The van der Waals surface area contributed by atoms with Crippen LogP contribution in [0.15, 0.2) is 10.9 Å². The van der Waals surface area contributed by atoms with E-state index in [0.29, 0.717) is 18.5 Å². The molecule has 0 fully saturated rings. The molecule has 5 nitrogen and oxygen atoms in total. The lowest BCUT2D eigenvalue weighted by Gasteiger charge is -2.28. The zero-order chi connectivity index (χ0) is 14.0. The average molecular weight is 264 g/mol. The van der Waals surface area contributed by atoms with E-state index in [1.54, 1.807) is 4.57 Å². The highest BCUT2D eigenvalue weighted by molar-refractivity contribution is 5.67. The average Bonchev–Trinajstić information content (AvgIpc) is 2.36. The smallest absolute Gasteiger partial charge is 0.303 e. The summed E-state index contributed by atoms with van der Waals surface area (Å²) in [5.41, 5.74) is 2.88. The molecule has 0 bridgehead atoms. The number of hydrogen-bond acceptors (Lipinski definition) is 3. The summed E-state index contributed by atoms with van der Waals surface area (Å²) in [6.45, 7) is 4.39. The molecule has 2 rings (SSSR count). The molecule has 0 aliphatic carbocycles. The Morgan fingerprint density at radius 1 is 1.47 bits per heavy atom. The standard InChI is InChI=1S/C14H20N2O3/c1-3-16-12-6-7-15(2)9-11(12)8-10(14(16)19)4-5-13(17)18/h8H,3-7,9H2,1-2H3,(H,17,18). The summed E-state index contributed by atoms with van der Waals surface area (Å²) >= 11 is 0. The van der Waals surface area contributed by atoms with E-state index in [2.05, 4.69) is 11.9 Å². The van der Waals surface area contributed by atoms with Crippen LogP contribution >= 0.6 is 0 Å². The summed E-state index contributed by atoms with van der Waals surface area (Å²) < 4.78 is 1.81.